The van der Waals surface area contributed by atoms with Crippen LogP contribution in [-0.4, -0.2) is 15.9 Å². The van der Waals surface area contributed by atoms with Crippen LogP contribution in [0.25, 0.3) is 0 Å². The van der Waals surface area contributed by atoms with E-state index in [9.17, 15) is 4.79 Å². The van der Waals surface area contributed by atoms with Crippen LogP contribution in [0, 0.1) is 0 Å². The highest BCUT2D eigenvalue weighted by atomic mass is 35.5. The minimum atomic E-state index is -0.334. The third-order valence-corrected chi connectivity index (χ3v) is 3.82. The molecule has 0 unspecified atom stereocenters. The number of carbonyl (C=O) groups excluding carboxylic acids is 1. The molecule has 0 saturated carbocycles. The Morgan fingerprint density at radius 2 is 1.80 bits per heavy atom. The number of nitrogens with zero attached hydrogens (tertiary/aromatic N) is 2. The summed E-state index contributed by atoms with van der Waals surface area (Å²) in [4.78, 5) is 20.7. The number of amides is 1. The lowest BCUT2D eigenvalue weighted by Crippen LogP contribution is -2.15. The van der Waals surface area contributed by atoms with Gasteiger partial charge in [0.05, 0.1) is 0 Å². The van der Waals surface area contributed by atoms with Crippen molar-refractivity contribution in [3.05, 3.63) is 82.1 Å². The van der Waals surface area contributed by atoms with E-state index in [1.165, 1.54) is 6.20 Å². The number of hydrogen-bond donors (Lipinski definition) is 2. The first-order valence-electron chi connectivity index (χ1n) is 7.48. The van der Waals surface area contributed by atoms with Crippen molar-refractivity contribution in [2.75, 3.05) is 10.6 Å². The SMILES string of the molecule is O=C(Nc1cccc(Cl)c1)c1ccnc(NCc2ccc(Cl)cc2)n1. The zero-order valence-corrected chi connectivity index (χ0v) is 14.6. The van der Waals surface area contributed by atoms with Gasteiger partial charge in [-0.15, -0.1) is 0 Å². The normalized spacial score (nSPS) is 10.3. The molecular formula is C18H14Cl2N4O. The fourth-order valence-electron chi connectivity index (χ4n) is 2.12. The van der Waals surface area contributed by atoms with Gasteiger partial charge in [-0.2, -0.15) is 0 Å². The summed E-state index contributed by atoms with van der Waals surface area (Å²) >= 11 is 11.8. The van der Waals surface area contributed by atoms with Crippen molar-refractivity contribution in [2.24, 2.45) is 0 Å². The van der Waals surface area contributed by atoms with Gasteiger partial charge in [0.25, 0.3) is 5.91 Å². The van der Waals surface area contributed by atoms with E-state index in [2.05, 4.69) is 20.6 Å². The molecule has 3 aromatic rings. The van der Waals surface area contributed by atoms with E-state index in [1.54, 1.807) is 30.3 Å². The molecule has 2 aromatic carbocycles. The Kier molecular flexibility index (Phi) is 5.48. The molecule has 25 heavy (non-hydrogen) atoms. The molecule has 0 atom stereocenters. The first-order chi connectivity index (χ1) is 12.1. The first-order valence-corrected chi connectivity index (χ1v) is 8.24. The number of rotatable bonds is 5. The van der Waals surface area contributed by atoms with Gasteiger partial charge in [-0.3, -0.25) is 4.79 Å². The first kappa shape index (κ1) is 17.2. The lowest BCUT2D eigenvalue weighted by atomic mass is 10.2. The van der Waals surface area contributed by atoms with Gasteiger partial charge in [0.1, 0.15) is 5.69 Å². The summed E-state index contributed by atoms with van der Waals surface area (Å²) in [5, 5.41) is 7.06. The summed E-state index contributed by atoms with van der Waals surface area (Å²) in [6, 6.07) is 15.9. The molecule has 126 valence electrons. The molecule has 3 rings (SSSR count). The Hall–Kier alpha value is -2.63. The van der Waals surface area contributed by atoms with E-state index in [4.69, 9.17) is 23.2 Å². The average molecular weight is 373 g/mol. The summed E-state index contributed by atoms with van der Waals surface area (Å²) in [6.45, 7) is 0.524. The second-order valence-electron chi connectivity index (χ2n) is 5.21. The Balaban J connectivity index is 1.66. The molecule has 2 N–H and O–H groups in total. The third kappa shape index (κ3) is 4.92. The largest absolute Gasteiger partial charge is 0.350 e. The highest BCUT2D eigenvalue weighted by Gasteiger charge is 2.09. The molecule has 0 aliphatic rings. The van der Waals surface area contributed by atoms with Crippen LogP contribution in [-0.2, 0) is 6.54 Å². The fraction of sp³-hybridized carbons (Fsp3) is 0.0556. The van der Waals surface area contributed by atoms with Gasteiger partial charge < -0.3 is 10.6 Å². The molecular weight excluding hydrogens is 359 g/mol. The van der Waals surface area contributed by atoms with E-state index in [0.29, 0.717) is 28.2 Å². The lowest BCUT2D eigenvalue weighted by Gasteiger charge is -2.08. The van der Waals surface area contributed by atoms with E-state index in [0.717, 1.165) is 5.56 Å². The minimum Gasteiger partial charge on any atom is -0.350 e. The second-order valence-corrected chi connectivity index (χ2v) is 6.08. The quantitative estimate of drug-likeness (QED) is 0.683. The molecule has 0 radical (unpaired) electrons. The van der Waals surface area contributed by atoms with Gasteiger partial charge >= 0.3 is 0 Å². The van der Waals surface area contributed by atoms with Crippen LogP contribution in [0.1, 0.15) is 16.1 Å². The van der Waals surface area contributed by atoms with Crippen molar-refractivity contribution in [1.82, 2.24) is 9.97 Å². The zero-order valence-electron chi connectivity index (χ0n) is 13.0. The standard InChI is InChI=1S/C18H14Cl2N4O/c19-13-6-4-12(5-7-13)11-22-18-21-9-8-16(24-18)17(25)23-15-3-1-2-14(20)10-15/h1-10H,11H2,(H,23,25)(H,21,22,24). The van der Waals surface area contributed by atoms with Crippen LogP contribution >= 0.6 is 23.2 Å². The van der Waals surface area contributed by atoms with Gasteiger partial charge in [0.15, 0.2) is 0 Å². The van der Waals surface area contributed by atoms with Crippen LogP contribution in [0.4, 0.5) is 11.6 Å². The van der Waals surface area contributed by atoms with Crippen molar-refractivity contribution in [3.8, 4) is 0 Å². The summed E-state index contributed by atoms with van der Waals surface area (Å²) in [5.74, 6) is 0.0351. The smallest absolute Gasteiger partial charge is 0.274 e. The molecule has 1 aromatic heterocycles. The molecule has 0 fully saturated rings. The van der Waals surface area contributed by atoms with Crippen LogP contribution < -0.4 is 10.6 Å². The van der Waals surface area contributed by atoms with Gasteiger partial charge in [0.2, 0.25) is 5.95 Å². The minimum absolute atomic E-state index is 0.258. The summed E-state index contributed by atoms with van der Waals surface area (Å²) < 4.78 is 0. The van der Waals surface area contributed by atoms with Crippen molar-refractivity contribution < 1.29 is 4.79 Å². The Bertz CT molecular complexity index is 884. The van der Waals surface area contributed by atoms with Crippen LogP contribution in [0.5, 0.6) is 0 Å². The molecule has 0 bridgehead atoms. The van der Waals surface area contributed by atoms with Gasteiger partial charge in [-0.25, -0.2) is 9.97 Å². The van der Waals surface area contributed by atoms with Crippen molar-refractivity contribution in [2.45, 2.75) is 6.54 Å². The molecule has 0 aliphatic heterocycles. The van der Waals surface area contributed by atoms with Crippen LogP contribution in [0.15, 0.2) is 60.8 Å². The Labute approximate surface area is 155 Å². The number of anilines is 2. The van der Waals surface area contributed by atoms with Crippen LogP contribution in [0.3, 0.4) is 0 Å². The molecule has 1 heterocycles. The van der Waals surface area contributed by atoms with Crippen molar-refractivity contribution in [3.63, 3.8) is 0 Å². The summed E-state index contributed by atoms with van der Waals surface area (Å²) in [7, 11) is 0. The number of hydrogen-bond acceptors (Lipinski definition) is 4. The van der Waals surface area contributed by atoms with Crippen LogP contribution in [0.2, 0.25) is 10.0 Å². The average Bonchev–Trinajstić information content (AvgIpc) is 2.61. The van der Waals surface area contributed by atoms with Gasteiger partial charge in [-0.05, 0) is 42.0 Å². The molecule has 0 spiro atoms. The Morgan fingerprint density at radius 3 is 2.56 bits per heavy atom. The molecule has 0 saturated heterocycles. The van der Waals surface area contributed by atoms with Gasteiger partial charge in [-0.1, -0.05) is 41.4 Å². The Morgan fingerprint density at radius 1 is 1.00 bits per heavy atom. The van der Waals surface area contributed by atoms with Crippen molar-refractivity contribution >= 4 is 40.7 Å². The molecule has 7 heteroatoms. The maximum Gasteiger partial charge on any atom is 0.274 e. The molecule has 0 aliphatic carbocycles. The van der Waals surface area contributed by atoms with Crippen molar-refractivity contribution in [1.29, 1.82) is 0 Å². The molecule has 5 nitrogen and oxygen atoms in total. The topological polar surface area (TPSA) is 66.9 Å². The highest BCUT2D eigenvalue weighted by Crippen LogP contribution is 2.16. The predicted octanol–water partition coefficient (Wildman–Crippen LogP) is 4.65. The van der Waals surface area contributed by atoms with E-state index < -0.39 is 0 Å². The number of aromatic nitrogens is 2. The number of halogens is 2. The number of nitrogens with one attached hydrogen (secondary N) is 2. The lowest BCUT2D eigenvalue weighted by molar-refractivity contribution is 0.102. The molecule has 1 amide bonds. The second kappa shape index (κ2) is 7.96. The van der Waals surface area contributed by atoms with E-state index >= 15 is 0 Å². The highest BCUT2D eigenvalue weighted by molar-refractivity contribution is 6.31. The summed E-state index contributed by atoms with van der Waals surface area (Å²) in [5.41, 5.74) is 1.89. The third-order valence-electron chi connectivity index (χ3n) is 3.33. The van der Waals surface area contributed by atoms with E-state index in [-0.39, 0.29) is 11.6 Å². The van der Waals surface area contributed by atoms with Gasteiger partial charge in [0, 0.05) is 28.5 Å². The number of benzene rings is 2. The maximum absolute atomic E-state index is 12.3. The van der Waals surface area contributed by atoms with E-state index in [1.807, 2.05) is 24.3 Å². The summed E-state index contributed by atoms with van der Waals surface area (Å²) in [6.07, 6.45) is 1.53. The monoisotopic (exact) mass is 372 g/mol. The zero-order chi connectivity index (χ0) is 17.6. The maximum atomic E-state index is 12.3. The number of carbonyl (C=O) groups is 1. The fourth-order valence-corrected chi connectivity index (χ4v) is 2.43. The predicted molar refractivity (Wildman–Crippen MR) is 100 cm³/mol.